The Hall–Kier alpha value is -1.21. The van der Waals surface area contributed by atoms with E-state index in [0.717, 1.165) is 21.8 Å². The third kappa shape index (κ3) is 1.55. The molecule has 0 spiro atoms. The zero-order valence-corrected chi connectivity index (χ0v) is 9.02. The van der Waals surface area contributed by atoms with Gasteiger partial charge in [-0.25, -0.2) is 0 Å². The van der Waals surface area contributed by atoms with Crippen molar-refractivity contribution in [2.75, 3.05) is 0 Å². The molecule has 0 amide bonds. The summed E-state index contributed by atoms with van der Waals surface area (Å²) in [4.78, 5) is 3.16. The summed E-state index contributed by atoms with van der Waals surface area (Å²) >= 11 is 6.16. The Morgan fingerprint density at radius 2 is 2.00 bits per heavy atom. The van der Waals surface area contributed by atoms with Crippen molar-refractivity contribution in [3.63, 3.8) is 0 Å². The highest BCUT2D eigenvalue weighted by Crippen LogP contribution is 2.31. The van der Waals surface area contributed by atoms with Gasteiger partial charge in [-0.1, -0.05) is 23.7 Å². The van der Waals surface area contributed by atoms with E-state index in [2.05, 4.69) is 24.0 Å². The van der Waals surface area contributed by atoms with Gasteiger partial charge in [-0.15, -0.1) is 0 Å². The fourth-order valence-corrected chi connectivity index (χ4v) is 1.98. The number of hydrogen-bond donors (Lipinski definition) is 1. The van der Waals surface area contributed by atoms with Gasteiger partial charge in [-0.2, -0.15) is 0 Å². The van der Waals surface area contributed by atoms with E-state index in [-0.39, 0.29) is 0 Å². The number of rotatable bonds is 1. The van der Waals surface area contributed by atoms with Gasteiger partial charge in [0.05, 0.1) is 0 Å². The SMILES string of the molecule is Cc1cc(-c2c(C)cccc2Cl)c[nH]1. The minimum absolute atomic E-state index is 0.809. The topological polar surface area (TPSA) is 15.8 Å². The molecule has 0 unspecified atom stereocenters. The molecule has 0 aliphatic carbocycles. The van der Waals surface area contributed by atoms with Crippen molar-refractivity contribution >= 4 is 11.6 Å². The Kier molecular flexibility index (Phi) is 2.34. The zero-order chi connectivity index (χ0) is 10.1. The van der Waals surface area contributed by atoms with Crippen LogP contribution in [0.15, 0.2) is 30.5 Å². The van der Waals surface area contributed by atoms with Crippen molar-refractivity contribution in [2.24, 2.45) is 0 Å². The molecule has 1 aromatic heterocycles. The molecule has 14 heavy (non-hydrogen) atoms. The molecule has 1 N–H and O–H groups in total. The lowest BCUT2D eigenvalue weighted by Gasteiger charge is -2.05. The quantitative estimate of drug-likeness (QED) is 0.726. The van der Waals surface area contributed by atoms with E-state index in [4.69, 9.17) is 11.6 Å². The van der Waals surface area contributed by atoms with Crippen LogP contribution in [0.5, 0.6) is 0 Å². The fourth-order valence-electron chi connectivity index (χ4n) is 1.65. The molecule has 0 bridgehead atoms. The maximum Gasteiger partial charge on any atom is 0.0487 e. The van der Waals surface area contributed by atoms with Crippen molar-refractivity contribution in [1.29, 1.82) is 0 Å². The molecular weight excluding hydrogens is 194 g/mol. The van der Waals surface area contributed by atoms with Gasteiger partial charge >= 0.3 is 0 Å². The third-order valence-corrected chi connectivity index (χ3v) is 2.65. The summed E-state index contributed by atoms with van der Waals surface area (Å²) in [5, 5.41) is 0.809. The van der Waals surface area contributed by atoms with E-state index in [9.17, 15) is 0 Å². The predicted molar refractivity (Wildman–Crippen MR) is 60.7 cm³/mol. The van der Waals surface area contributed by atoms with Crippen LogP contribution in [0.25, 0.3) is 11.1 Å². The number of aromatic nitrogens is 1. The Morgan fingerprint density at radius 3 is 2.57 bits per heavy atom. The summed E-state index contributed by atoms with van der Waals surface area (Å²) in [5.74, 6) is 0. The van der Waals surface area contributed by atoms with Crippen molar-refractivity contribution in [3.05, 3.63) is 46.7 Å². The van der Waals surface area contributed by atoms with Gasteiger partial charge in [0, 0.05) is 28.0 Å². The van der Waals surface area contributed by atoms with E-state index in [1.54, 1.807) is 0 Å². The largest absolute Gasteiger partial charge is 0.365 e. The van der Waals surface area contributed by atoms with Crippen LogP contribution in [-0.2, 0) is 0 Å². The molecular formula is C12H12ClN. The lowest BCUT2D eigenvalue weighted by molar-refractivity contribution is 1.27. The molecule has 0 radical (unpaired) electrons. The molecule has 2 rings (SSSR count). The molecule has 0 saturated carbocycles. The van der Waals surface area contributed by atoms with Crippen molar-refractivity contribution in [1.82, 2.24) is 4.98 Å². The molecule has 2 aromatic rings. The summed E-state index contributed by atoms with van der Waals surface area (Å²) in [5.41, 5.74) is 4.64. The number of nitrogens with one attached hydrogen (secondary N) is 1. The Bertz CT molecular complexity index is 437. The molecule has 72 valence electrons. The van der Waals surface area contributed by atoms with Crippen molar-refractivity contribution in [2.45, 2.75) is 13.8 Å². The molecule has 0 atom stereocenters. The number of aryl methyl sites for hydroxylation is 2. The van der Waals surface area contributed by atoms with Crippen LogP contribution in [0.1, 0.15) is 11.3 Å². The standard InChI is InChI=1S/C12H12ClN/c1-8-4-3-5-11(13)12(8)10-6-9(2)14-7-10/h3-7,14H,1-2H3. The minimum Gasteiger partial charge on any atom is -0.365 e. The highest BCUT2D eigenvalue weighted by molar-refractivity contribution is 6.33. The third-order valence-electron chi connectivity index (χ3n) is 2.34. The molecule has 0 aliphatic heterocycles. The van der Waals surface area contributed by atoms with Crippen LogP contribution in [0.2, 0.25) is 5.02 Å². The van der Waals surface area contributed by atoms with Crippen molar-refractivity contribution in [3.8, 4) is 11.1 Å². The summed E-state index contributed by atoms with van der Waals surface area (Å²) in [6.45, 7) is 4.11. The number of H-pyrrole nitrogens is 1. The average Bonchev–Trinajstić information content (AvgIpc) is 2.51. The minimum atomic E-state index is 0.809. The number of benzene rings is 1. The van der Waals surface area contributed by atoms with Crippen LogP contribution in [0.3, 0.4) is 0 Å². The van der Waals surface area contributed by atoms with Crippen LogP contribution < -0.4 is 0 Å². The second kappa shape index (κ2) is 3.50. The molecule has 1 aromatic carbocycles. The number of hydrogen-bond acceptors (Lipinski definition) is 0. The second-order valence-electron chi connectivity index (χ2n) is 3.50. The Balaban J connectivity index is 2.61. The van der Waals surface area contributed by atoms with Crippen LogP contribution >= 0.6 is 11.6 Å². The van der Waals surface area contributed by atoms with E-state index >= 15 is 0 Å². The van der Waals surface area contributed by atoms with Crippen LogP contribution in [0.4, 0.5) is 0 Å². The predicted octanol–water partition coefficient (Wildman–Crippen LogP) is 3.95. The lowest BCUT2D eigenvalue weighted by atomic mass is 10.0. The molecule has 1 heterocycles. The van der Waals surface area contributed by atoms with E-state index in [1.807, 2.05) is 25.3 Å². The van der Waals surface area contributed by atoms with E-state index in [1.165, 1.54) is 5.56 Å². The Labute approximate surface area is 88.7 Å². The smallest absolute Gasteiger partial charge is 0.0487 e. The van der Waals surface area contributed by atoms with E-state index < -0.39 is 0 Å². The maximum atomic E-state index is 6.16. The molecule has 0 fully saturated rings. The number of halogens is 1. The monoisotopic (exact) mass is 205 g/mol. The molecule has 1 nitrogen and oxygen atoms in total. The first kappa shape index (κ1) is 9.35. The summed E-state index contributed by atoms with van der Waals surface area (Å²) < 4.78 is 0. The molecule has 0 saturated heterocycles. The van der Waals surface area contributed by atoms with Crippen LogP contribution in [-0.4, -0.2) is 4.98 Å². The molecule has 2 heteroatoms. The lowest BCUT2D eigenvalue weighted by Crippen LogP contribution is -1.81. The van der Waals surface area contributed by atoms with Gasteiger partial charge in [0.25, 0.3) is 0 Å². The van der Waals surface area contributed by atoms with Gasteiger partial charge in [-0.05, 0) is 31.5 Å². The highest BCUT2D eigenvalue weighted by atomic mass is 35.5. The summed E-state index contributed by atoms with van der Waals surface area (Å²) in [7, 11) is 0. The van der Waals surface area contributed by atoms with Gasteiger partial charge in [-0.3, -0.25) is 0 Å². The Morgan fingerprint density at radius 1 is 1.21 bits per heavy atom. The van der Waals surface area contributed by atoms with E-state index in [0.29, 0.717) is 0 Å². The summed E-state index contributed by atoms with van der Waals surface area (Å²) in [6, 6.07) is 8.07. The maximum absolute atomic E-state index is 6.16. The van der Waals surface area contributed by atoms with Gasteiger partial charge in [0.1, 0.15) is 0 Å². The number of aromatic amines is 1. The van der Waals surface area contributed by atoms with Crippen LogP contribution in [0, 0.1) is 13.8 Å². The second-order valence-corrected chi connectivity index (χ2v) is 3.91. The fraction of sp³-hybridized carbons (Fsp3) is 0.167. The first-order chi connectivity index (χ1) is 6.68. The first-order valence-corrected chi connectivity index (χ1v) is 4.97. The van der Waals surface area contributed by atoms with Gasteiger partial charge < -0.3 is 4.98 Å². The normalized spacial score (nSPS) is 10.5. The van der Waals surface area contributed by atoms with Gasteiger partial charge in [0.15, 0.2) is 0 Å². The zero-order valence-electron chi connectivity index (χ0n) is 8.26. The van der Waals surface area contributed by atoms with Crippen molar-refractivity contribution < 1.29 is 0 Å². The molecule has 0 aliphatic rings. The first-order valence-electron chi connectivity index (χ1n) is 4.59. The van der Waals surface area contributed by atoms with Gasteiger partial charge in [0.2, 0.25) is 0 Å². The average molecular weight is 206 g/mol. The highest BCUT2D eigenvalue weighted by Gasteiger charge is 2.07. The summed E-state index contributed by atoms with van der Waals surface area (Å²) in [6.07, 6.45) is 1.99.